The SMILES string of the molecule is CC(C)CNCc1cc(F)ccc1OCCOC(F)(F)F. The number of nitrogens with one attached hydrogen (secondary N) is 1. The predicted octanol–water partition coefficient (Wildman–Crippen LogP) is 3.49. The smallest absolute Gasteiger partial charge is 0.491 e. The highest BCUT2D eigenvalue weighted by atomic mass is 19.4. The monoisotopic (exact) mass is 309 g/mol. The lowest BCUT2D eigenvalue weighted by Crippen LogP contribution is -2.21. The van der Waals surface area contributed by atoms with E-state index in [-0.39, 0.29) is 6.61 Å². The van der Waals surface area contributed by atoms with Crippen molar-refractivity contribution in [2.45, 2.75) is 26.8 Å². The van der Waals surface area contributed by atoms with Crippen molar-refractivity contribution < 1.29 is 27.0 Å². The van der Waals surface area contributed by atoms with Crippen molar-refractivity contribution in [3.8, 4) is 5.75 Å². The quantitative estimate of drug-likeness (QED) is 0.589. The summed E-state index contributed by atoms with van der Waals surface area (Å²) in [5.41, 5.74) is 0.558. The van der Waals surface area contributed by atoms with Gasteiger partial charge in [-0.25, -0.2) is 4.39 Å². The van der Waals surface area contributed by atoms with Crippen molar-refractivity contribution in [3.63, 3.8) is 0 Å². The molecule has 1 rings (SSSR count). The maximum absolute atomic E-state index is 13.2. The fourth-order valence-corrected chi connectivity index (χ4v) is 1.63. The number of halogens is 4. The van der Waals surface area contributed by atoms with E-state index in [0.29, 0.717) is 23.8 Å². The van der Waals surface area contributed by atoms with Gasteiger partial charge in [0.1, 0.15) is 18.2 Å². The summed E-state index contributed by atoms with van der Waals surface area (Å²) >= 11 is 0. The second-order valence-corrected chi connectivity index (χ2v) is 4.92. The molecule has 0 aliphatic heterocycles. The Kier molecular flexibility index (Phi) is 6.91. The molecule has 1 aromatic rings. The molecule has 0 saturated heterocycles. The molecule has 1 N–H and O–H groups in total. The molecule has 21 heavy (non-hydrogen) atoms. The molecule has 3 nitrogen and oxygen atoms in total. The number of benzene rings is 1. The first-order valence-corrected chi connectivity index (χ1v) is 6.60. The number of ether oxygens (including phenoxy) is 2. The third-order valence-corrected chi connectivity index (χ3v) is 2.50. The lowest BCUT2D eigenvalue weighted by atomic mass is 10.1. The average Bonchev–Trinajstić information content (AvgIpc) is 2.35. The molecule has 0 heterocycles. The molecular weight excluding hydrogens is 290 g/mol. The van der Waals surface area contributed by atoms with Crippen LogP contribution in [-0.2, 0) is 11.3 Å². The molecule has 0 aliphatic carbocycles. The lowest BCUT2D eigenvalue weighted by molar-refractivity contribution is -0.325. The van der Waals surface area contributed by atoms with Crippen molar-refractivity contribution in [1.82, 2.24) is 5.32 Å². The van der Waals surface area contributed by atoms with Gasteiger partial charge in [0.05, 0.1) is 6.61 Å². The summed E-state index contributed by atoms with van der Waals surface area (Å²) < 4.78 is 57.5. The zero-order valence-electron chi connectivity index (χ0n) is 12.0. The van der Waals surface area contributed by atoms with Crippen molar-refractivity contribution in [1.29, 1.82) is 0 Å². The molecule has 0 radical (unpaired) electrons. The summed E-state index contributed by atoms with van der Waals surface area (Å²) in [6.45, 7) is 4.32. The third kappa shape index (κ3) is 7.87. The molecule has 7 heteroatoms. The van der Waals surface area contributed by atoms with Gasteiger partial charge in [0.25, 0.3) is 0 Å². The molecule has 120 valence electrons. The van der Waals surface area contributed by atoms with Crippen LogP contribution < -0.4 is 10.1 Å². The van der Waals surface area contributed by atoms with E-state index in [9.17, 15) is 17.6 Å². The highest BCUT2D eigenvalue weighted by Crippen LogP contribution is 2.20. The average molecular weight is 309 g/mol. The minimum atomic E-state index is -4.67. The summed E-state index contributed by atoms with van der Waals surface area (Å²) in [5, 5.41) is 3.13. The first-order valence-electron chi connectivity index (χ1n) is 6.60. The van der Waals surface area contributed by atoms with Crippen LogP contribution in [-0.4, -0.2) is 26.1 Å². The molecule has 0 spiro atoms. The molecular formula is C14H19F4NO2. The van der Waals surface area contributed by atoms with Gasteiger partial charge in [0, 0.05) is 12.1 Å². The Labute approximate surface area is 121 Å². The van der Waals surface area contributed by atoms with Gasteiger partial charge in [-0.3, -0.25) is 4.74 Å². The molecule has 1 aromatic carbocycles. The summed E-state index contributed by atoms with van der Waals surface area (Å²) in [4.78, 5) is 0. The summed E-state index contributed by atoms with van der Waals surface area (Å²) in [7, 11) is 0. The summed E-state index contributed by atoms with van der Waals surface area (Å²) in [6.07, 6.45) is -4.67. The van der Waals surface area contributed by atoms with Crippen molar-refractivity contribution in [2.75, 3.05) is 19.8 Å². The minimum Gasteiger partial charge on any atom is -0.491 e. The van der Waals surface area contributed by atoms with Crippen LogP contribution in [0.5, 0.6) is 5.75 Å². The van der Waals surface area contributed by atoms with E-state index in [4.69, 9.17) is 4.74 Å². The normalized spacial score (nSPS) is 12.0. The highest BCUT2D eigenvalue weighted by Gasteiger charge is 2.28. The van der Waals surface area contributed by atoms with E-state index in [1.54, 1.807) is 0 Å². The minimum absolute atomic E-state index is 0.262. The van der Waals surface area contributed by atoms with Gasteiger partial charge >= 0.3 is 6.36 Å². The van der Waals surface area contributed by atoms with E-state index >= 15 is 0 Å². The van der Waals surface area contributed by atoms with Crippen molar-refractivity contribution >= 4 is 0 Å². The fourth-order valence-electron chi connectivity index (χ4n) is 1.63. The molecule has 0 amide bonds. The van der Waals surface area contributed by atoms with Gasteiger partial charge < -0.3 is 10.1 Å². The van der Waals surface area contributed by atoms with Crippen molar-refractivity contribution in [3.05, 3.63) is 29.6 Å². The van der Waals surface area contributed by atoms with Crippen LogP contribution in [0.2, 0.25) is 0 Å². The number of hydrogen-bond donors (Lipinski definition) is 1. The van der Waals surface area contributed by atoms with Crippen LogP contribution in [0.25, 0.3) is 0 Å². The fraction of sp³-hybridized carbons (Fsp3) is 0.571. The van der Waals surface area contributed by atoms with Gasteiger partial charge in [-0.1, -0.05) is 13.8 Å². The van der Waals surface area contributed by atoms with Gasteiger partial charge in [-0.05, 0) is 30.7 Å². The molecule has 0 fully saturated rings. The Morgan fingerprint density at radius 1 is 1.19 bits per heavy atom. The number of rotatable bonds is 8. The maximum Gasteiger partial charge on any atom is 0.522 e. The number of hydrogen-bond acceptors (Lipinski definition) is 3. The highest BCUT2D eigenvalue weighted by molar-refractivity contribution is 5.33. The Hall–Kier alpha value is -1.34. The van der Waals surface area contributed by atoms with Crippen LogP contribution in [0.4, 0.5) is 17.6 Å². The topological polar surface area (TPSA) is 30.5 Å². The van der Waals surface area contributed by atoms with Gasteiger partial charge in [0.2, 0.25) is 0 Å². The van der Waals surface area contributed by atoms with Crippen LogP contribution in [0.3, 0.4) is 0 Å². The molecule has 0 aliphatic rings. The Morgan fingerprint density at radius 3 is 2.52 bits per heavy atom. The zero-order valence-corrected chi connectivity index (χ0v) is 12.0. The summed E-state index contributed by atoms with van der Waals surface area (Å²) in [6, 6.07) is 3.90. The molecule has 0 atom stereocenters. The van der Waals surface area contributed by atoms with Gasteiger partial charge in [-0.15, -0.1) is 13.2 Å². The summed E-state index contributed by atoms with van der Waals surface area (Å²) in [5.74, 6) is 0.358. The first kappa shape index (κ1) is 17.7. The first-order chi connectivity index (χ1) is 9.78. The van der Waals surface area contributed by atoms with Crippen LogP contribution in [0, 0.1) is 11.7 Å². The second kappa shape index (κ2) is 8.19. The Bertz CT molecular complexity index is 435. The lowest BCUT2D eigenvalue weighted by Gasteiger charge is -2.14. The van der Waals surface area contributed by atoms with Gasteiger partial charge in [0.15, 0.2) is 0 Å². The van der Waals surface area contributed by atoms with E-state index in [1.165, 1.54) is 18.2 Å². The van der Waals surface area contributed by atoms with Crippen LogP contribution in [0.15, 0.2) is 18.2 Å². The third-order valence-electron chi connectivity index (χ3n) is 2.50. The molecule has 0 bridgehead atoms. The predicted molar refractivity (Wildman–Crippen MR) is 70.4 cm³/mol. The Balaban J connectivity index is 2.52. The Morgan fingerprint density at radius 2 is 1.90 bits per heavy atom. The van der Waals surface area contributed by atoms with Gasteiger partial charge in [-0.2, -0.15) is 0 Å². The standard InChI is InChI=1S/C14H19F4NO2/c1-10(2)8-19-9-11-7-12(15)3-4-13(11)20-5-6-21-14(16,17)18/h3-4,7,10,19H,5-6,8-9H2,1-2H3. The van der Waals surface area contributed by atoms with Crippen LogP contribution >= 0.6 is 0 Å². The maximum atomic E-state index is 13.2. The van der Waals surface area contributed by atoms with Crippen molar-refractivity contribution in [2.24, 2.45) is 5.92 Å². The van der Waals surface area contributed by atoms with E-state index in [2.05, 4.69) is 10.1 Å². The second-order valence-electron chi connectivity index (χ2n) is 4.92. The van der Waals surface area contributed by atoms with Crippen LogP contribution in [0.1, 0.15) is 19.4 Å². The number of alkyl halides is 3. The molecule has 0 aromatic heterocycles. The molecule has 0 saturated carbocycles. The molecule has 0 unspecified atom stereocenters. The zero-order chi connectivity index (χ0) is 15.9. The van der Waals surface area contributed by atoms with E-state index in [1.807, 2.05) is 13.8 Å². The van der Waals surface area contributed by atoms with E-state index < -0.39 is 18.8 Å². The van der Waals surface area contributed by atoms with E-state index in [0.717, 1.165) is 6.54 Å². The largest absolute Gasteiger partial charge is 0.522 e.